The first-order valence-electron chi connectivity index (χ1n) is 5.75. The van der Waals surface area contributed by atoms with Crippen molar-refractivity contribution in [3.63, 3.8) is 0 Å². The van der Waals surface area contributed by atoms with Crippen LogP contribution in [0.3, 0.4) is 0 Å². The van der Waals surface area contributed by atoms with Crippen molar-refractivity contribution in [1.82, 2.24) is 9.78 Å². The predicted molar refractivity (Wildman–Crippen MR) is 85.5 cm³/mol. The molecule has 100 valence electrons. The molecule has 0 fully saturated rings. The average Bonchev–Trinajstić information content (AvgIpc) is 2.82. The Morgan fingerprint density at radius 3 is 2.65 bits per heavy atom. The summed E-state index contributed by atoms with van der Waals surface area (Å²) in [7, 11) is 0. The Labute approximate surface area is 123 Å². The van der Waals surface area contributed by atoms with E-state index in [1.807, 2.05) is 18.2 Å². The molecule has 0 aliphatic carbocycles. The van der Waals surface area contributed by atoms with Crippen molar-refractivity contribution >= 4 is 44.3 Å². The number of anilines is 1. The first-order chi connectivity index (χ1) is 9.59. The summed E-state index contributed by atoms with van der Waals surface area (Å²) >= 11 is 6.29. The summed E-state index contributed by atoms with van der Waals surface area (Å²) < 4.78 is 1.28. The second-order valence-corrected chi connectivity index (χ2v) is 5.51. The molecule has 0 spiro atoms. The number of fused-ring (bicyclic) bond motifs is 1. The van der Waals surface area contributed by atoms with Crippen LogP contribution in [0.5, 0.6) is 0 Å². The predicted octanol–water partition coefficient (Wildman–Crippen LogP) is 1.66. The van der Waals surface area contributed by atoms with E-state index < -0.39 is 0 Å². The molecule has 7 heteroatoms. The minimum Gasteiger partial charge on any atom is -0.390 e. The fraction of sp³-hybridized carbons (Fsp3) is 0. The molecule has 2 aromatic heterocycles. The Morgan fingerprint density at radius 1 is 1.30 bits per heavy atom. The summed E-state index contributed by atoms with van der Waals surface area (Å²) in [5.74, 6) is 0. The molecule has 0 radical (unpaired) electrons. The molecule has 20 heavy (non-hydrogen) atoms. The molecule has 0 saturated carbocycles. The van der Waals surface area contributed by atoms with E-state index in [1.54, 1.807) is 17.5 Å². The van der Waals surface area contributed by atoms with Gasteiger partial charge in [0, 0.05) is 10.8 Å². The number of hydrogen-bond acceptors (Lipinski definition) is 5. The van der Waals surface area contributed by atoms with Crippen LogP contribution in [0.4, 0.5) is 5.00 Å². The lowest BCUT2D eigenvalue weighted by molar-refractivity contribution is 0.817. The minimum absolute atomic E-state index is 0.137. The molecule has 1 aromatic carbocycles. The number of rotatable bonds is 2. The van der Waals surface area contributed by atoms with Crippen LogP contribution in [-0.2, 0) is 0 Å². The minimum atomic E-state index is -0.273. The van der Waals surface area contributed by atoms with Gasteiger partial charge in [0.2, 0.25) is 0 Å². The van der Waals surface area contributed by atoms with Crippen LogP contribution in [0.25, 0.3) is 16.5 Å². The Hall–Kier alpha value is -2.25. The topological polar surface area (TPSA) is 86.9 Å². The Morgan fingerprint density at radius 2 is 2.00 bits per heavy atom. The van der Waals surface area contributed by atoms with Gasteiger partial charge in [-0.25, -0.2) is 0 Å². The fourth-order valence-electron chi connectivity index (χ4n) is 2.00. The van der Waals surface area contributed by atoms with Crippen LogP contribution in [0.1, 0.15) is 5.69 Å². The molecule has 3 rings (SSSR count). The van der Waals surface area contributed by atoms with Gasteiger partial charge < -0.3 is 11.5 Å². The number of nitrogen functional groups attached to an aromatic ring is 1. The molecular weight excluding hydrogens is 292 g/mol. The summed E-state index contributed by atoms with van der Waals surface area (Å²) in [4.78, 5) is 12.7. The van der Waals surface area contributed by atoms with Crippen LogP contribution in [0.15, 0.2) is 40.5 Å². The number of thiocarbonyl (C=S) groups is 1. The van der Waals surface area contributed by atoms with E-state index in [0.717, 1.165) is 0 Å². The van der Waals surface area contributed by atoms with E-state index in [2.05, 4.69) is 5.10 Å². The van der Waals surface area contributed by atoms with E-state index >= 15 is 0 Å². The van der Waals surface area contributed by atoms with Crippen molar-refractivity contribution < 1.29 is 0 Å². The number of nitrogens with two attached hydrogens (primary N) is 2. The molecule has 3 aromatic rings. The molecular formula is C13H10N4OS2. The highest BCUT2D eigenvalue weighted by molar-refractivity contribution is 7.80. The quantitative estimate of drug-likeness (QED) is 0.703. The molecule has 0 aliphatic heterocycles. The molecule has 0 saturated heterocycles. The van der Waals surface area contributed by atoms with Gasteiger partial charge in [0.05, 0.1) is 16.1 Å². The lowest BCUT2D eigenvalue weighted by Gasteiger charge is -2.08. The Kier molecular flexibility index (Phi) is 3.00. The van der Waals surface area contributed by atoms with Crippen LogP contribution in [-0.4, -0.2) is 14.8 Å². The number of para-hydroxylation sites is 1. The molecule has 0 amide bonds. The molecule has 4 N–H and O–H groups in total. The highest BCUT2D eigenvalue weighted by Gasteiger charge is 2.17. The molecule has 0 unspecified atom stereocenters. The molecule has 0 bridgehead atoms. The maximum absolute atomic E-state index is 12.5. The summed E-state index contributed by atoms with van der Waals surface area (Å²) in [6.45, 7) is 0. The van der Waals surface area contributed by atoms with E-state index in [1.165, 1.54) is 16.0 Å². The van der Waals surface area contributed by atoms with Crippen molar-refractivity contribution in [1.29, 1.82) is 0 Å². The van der Waals surface area contributed by atoms with Crippen molar-refractivity contribution in [3.8, 4) is 5.69 Å². The smallest absolute Gasteiger partial charge is 0.282 e. The van der Waals surface area contributed by atoms with Crippen molar-refractivity contribution in [3.05, 3.63) is 51.8 Å². The van der Waals surface area contributed by atoms with Crippen LogP contribution >= 0.6 is 23.6 Å². The zero-order chi connectivity index (χ0) is 14.3. The van der Waals surface area contributed by atoms with Gasteiger partial charge in [-0.2, -0.15) is 9.78 Å². The monoisotopic (exact) mass is 302 g/mol. The van der Waals surface area contributed by atoms with Gasteiger partial charge in [0.25, 0.3) is 5.56 Å². The molecule has 0 aliphatic rings. The third-order valence-corrected chi connectivity index (χ3v) is 3.92. The Balaban J connectivity index is 2.45. The molecule has 5 nitrogen and oxygen atoms in total. The van der Waals surface area contributed by atoms with Gasteiger partial charge in [-0.3, -0.25) is 4.79 Å². The van der Waals surface area contributed by atoms with Gasteiger partial charge in [-0.15, -0.1) is 11.3 Å². The third-order valence-electron chi connectivity index (χ3n) is 2.91. The zero-order valence-corrected chi connectivity index (χ0v) is 11.9. The normalized spacial score (nSPS) is 10.8. The number of hydrogen-bond donors (Lipinski definition) is 2. The highest BCUT2D eigenvalue weighted by atomic mass is 32.1. The standard InChI is InChI=1S/C13H10N4OS2/c14-11(19)10-8-6-20-12(15)9(8)13(18)17(16-10)7-4-2-1-3-5-7/h1-6H,15H2,(H2,14,19). The first-order valence-corrected chi connectivity index (χ1v) is 7.03. The maximum atomic E-state index is 12.5. The zero-order valence-electron chi connectivity index (χ0n) is 10.2. The van der Waals surface area contributed by atoms with E-state index in [-0.39, 0.29) is 10.5 Å². The number of benzene rings is 1. The summed E-state index contributed by atoms with van der Waals surface area (Å²) in [5.41, 5.74) is 12.4. The first kappa shape index (κ1) is 12.8. The van der Waals surface area contributed by atoms with Gasteiger partial charge >= 0.3 is 0 Å². The second kappa shape index (κ2) is 4.69. The van der Waals surface area contributed by atoms with Crippen molar-refractivity contribution in [2.75, 3.05) is 5.73 Å². The SMILES string of the molecule is NC(=S)c1nn(-c2ccccc2)c(=O)c2c(N)scc12. The molecule has 2 heterocycles. The van der Waals surface area contributed by atoms with Gasteiger partial charge in [0.15, 0.2) is 0 Å². The highest BCUT2D eigenvalue weighted by Crippen LogP contribution is 2.27. The summed E-state index contributed by atoms with van der Waals surface area (Å²) in [5, 5.41) is 7.49. The largest absolute Gasteiger partial charge is 0.390 e. The lowest BCUT2D eigenvalue weighted by Crippen LogP contribution is -2.26. The number of thiophene rings is 1. The van der Waals surface area contributed by atoms with Gasteiger partial charge in [0.1, 0.15) is 10.7 Å². The van der Waals surface area contributed by atoms with E-state index in [9.17, 15) is 4.79 Å². The fourth-order valence-corrected chi connectivity index (χ4v) is 2.94. The lowest BCUT2D eigenvalue weighted by atomic mass is 10.2. The average molecular weight is 302 g/mol. The van der Waals surface area contributed by atoms with Crippen molar-refractivity contribution in [2.24, 2.45) is 5.73 Å². The van der Waals surface area contributed by atoms with Crippen LogP contribution < -0.4 is 17.0 Å². The Bertz CT molecular complexity index is 867. The maximum Gasteiger partial charge on any atom is 0.282 e. The summed E-state index contributed by atoms with van der Waals surface area (Å²) in [6, 6.07) is 9.08. The van der Waals surface area contributed by atoms with E-state index in [4.69, 9.17) is 23.7 Å². The summed E-state index contributed by atoms with van der Waals surface area (Å²) in [6.07, 6.45) is 0. The van der Waals surface area contributed by atoms with Crippen LogP contribution in [0, 0.1) is 0 Å². The van der Waals surface area contributed by atoms with Gasteiger partial charge in [-0.05, 0) is 12.1 Å². The molecule has 0 atom stereocenters. The number of aromatic nitrogens is 2. The van der Waals surface area contributed by atoms with Crippen LogP contribution in [0.2, 0.25) is 0 Å². The number of nitrogens with zero attached hydrogens (tertiary/aromatic N) is 2. The van der Waals surface area contributed by atoms with E-state index in [0.29, 0.717) is 27.2 Å². The van der Waals surface area contributed by atoms with Crippen molar-refractivity contribution in [2.45, 2.75) is 0 Å². The third kappa shape index (κ3) is 1.87. The second-order valence-electron chi connectivity index (χ2n) is 4.15. The van der Waals surface area contributed by atoms with Gasteiger partial charge in [-0.1, -0.05) is 30.4 Å².